The van der Waals surface area contributed by atoms with Crippen LogP contribution in [0.2, 0.25) is 0 Å². The Morgan fingerprint density at radius 3 is 2.96 bits per heavy atom. The third-order valence-electron chi connectivity index (χ3n) is 3.94. The zero-order valence-corrected chi connectivity index (χ0v) is 15.0. The quantitative estimate of drug-likeness (QED) is 0.638. The molecular weight excluding hydrogens is 414 g/mol. The number of amides is 1. The van der Waals surface area contributed by atoms with Gasteiger partial charge in [0.15, 0.2) is 5.69 Å². The van der Waals surface area contributed by atoms with Crippen LogP contribution < -0.4 is 11.1 Å². The molecule has 1 aliphatic carbocycles. The third kappa shape index (κ3) is 3.75. The van der Waals surface area contributed by atoms with Crippen molar-refractivity contribution >= 4 is 27.7 Å². The van der Waals surface area contributed by atoms with Crippen LogP contribution in [-0.4, -0.2) is 40.8 Å². The second-order valence-electron chi connectivity index (χ2n) is 5.89. The molecule has 138 valence electrons. The maximum absolute atomic E-state index is 15.0. The highest BCUT2D eigenvalue weighted by molar-refractivity contribution is 9.10. The van der Waals surface area contributed by atoms with Crippen LogP contribution in [0.5, 0.6) is 5.75 Å². The molecule has 0 radical (unpaired) electrons. The van der Waals surface area contributed by atoms with Gasteiger partial charge in [0.25, 0.3) is 5.91 Å². The summed E-state index contributed by atoms with van der Waals surface area (Å²) in [5, 5.41) is 12.3. The first kappa shape index (κ1) is 18.5. The van der Waals surface area contributed by atoms with E-state index in [4.69, 9.17) is 10.5 Å². The molecule has 0 bridgehead atoms. The lowest BCUT2D eigenvalue weighted by molar-refractivity contribution is -0.0149. The molecule has 2 aliphatic rings. The van der Waals surface area contributed by atoms with Crippen LogP contribution in [0.3, 0.4) is 0 Å². The number of aromatic hydroxyl groups is 1. The van der Waals surface area contributed by atoms with Gasteiger partial charge in [-0.1, -0.05) is 0 Å². The topological polar surface area (TPSA) is 110 Å². The van der Waals surface area contributed by atoms with Crippen molar-refractivity contribution in [1.82, 2.24) is 10.3 Å². The number of halogens is 3. The Kier molecular flexibility index (Phi) is 5.05. The average molecular weight is 429 g/mol. The fourth-order valence-corrected chi connectivity index (χ4v) is 3.05. The molecule has 2 heterocycles. The molecule has 26 heavy (non-hydrogen) atoms. The fourth-order valence-electron chi connectivity index (χ4n) is 2.73. The summed E-state index contributed by atoms with van der Waals surface area (Å²) in [7, 11) is 0. The fraction of sp³-hybridized carbons (Fsp3) is 0.312. The van der Waals surface area contributed by atoms with E-state index in [-0.39, 0.29) is 36.0 Å². The maximum Gasteiger partial charge on any atom is 0.277 e. The number of nitrogens with two attached hydrogens (primary N) is 1. The molecule has 0 saturated carbocycles. The van der Waals surface area contributed by atoms with Crippen molar-refractivity contribution in [3.8, 4) is 5.75 Å². The van der Waals surface area contributed by atoms with Crippen molar-refractivity contribution < 1.29 is 23.4 Å². The van der Waals surface area contributed by atoms with E-state index in [1.807, 2.05) is 0 Å². The molecule has 0 saturated heterocycles. The Hall–Kier alpha value is -2.33. The van der Waals surface area contributed by atoms with Crippen LogP contribution in [0.1, 0.15) is 16.9 Å². The van der Waals surface area contributed by atoms with Gasteiger partial charge in [-0.3, -0.25) is 4.79 Å². The van der Waals surface area contributed by atoms with Gasteiger partial charge in [-0.25, -0.2) is 18.8 Å². The van der Waals surface area contributed by atoms with Crippen molar-refractivity contribution in [2.24, 2.45) is 16.6 Å². The molecule has 0 fully saturated rings. The summed E-state index contributed by atoms with van der Waals surface area (Å²) in [5.41, 5.74) is 5.54. The predicted molar refractivity (Wildman–Crippen MR) is 92.7 cm³/mol. The Bertz CT molecular complexity index is 843. The largest absolute Gasteiger partial charge is 0.505 e. The standard InChI is InChI=1S/C16H15BrF2N4O3/c17-8-3-12(24)14(21-5-8)15(25)22-9-1-2-11(18)10(4-9)16(19)7-26-6-13(20)23-16/h1-3,5,10,24H,4,6-7H2,(H2,20,23)(H,22,25)/t10?,16-/m0/s1. The molecule has 0 aromatic carbocycles. The van der Waals surface area contributed by atoms with E-state index >= 15 is 4.39 Å². The number of allylic oxidation sites excluding steroid dienone is 3. The number of hydrogen-bond donors (Lipinski definition) is 3. The van der Waals surface area contributed by atoms with Crippen molar-refractivity contribution in [3.05, 3.63) is 46.1 Å². The highest BCUT2D eigenvalue weighted by Gasteiger charge is 2.45. The van der Waals surface area contributed by atoms with E-state index in [1.165, 1.54) is 18.3 Å². The molecule has 3 rings (SSSR count). The van der Waals surface area contributed by atoms with Crippen LogP contribution in [0.15, 0.2) is 45.4 Å². The highest BCUT2D eigenvalue weighted by atomic mass is 79.9. The second kappa shape index (κ2) is 7.12. The number of nitrogens with zero attached hydrogens (tertiary/aromatic N) is 2. The van der Waals surface area contributed by atoms with E-state index in [2.05, 4.69) is 31.2 Å². The lowest BCUT2D eigenvalue weighted by atomic mass is 9.88. The van der Waals surface area contributed by atoms with E-state index in [0.717, 1.165) is 6.08 Å². The minimum Gasteiger partial charge on any atom is -0.505 e. The smallest absolute Gasteiger partial charge is 0.277 e. The molecular formula is C16H15BrF2N4O3. The van der Waals surface area contributed by atoms with Crippen LogP contribution in [-0.2, 0) is 4.74 Å². The summed E-state index contributed by atoms with van der Waals surface area (Å²) < 4.78 is 34.8. The number of hydrogen-bond acceptors (Lipinski definition) is 6. The number of alkyl halides is 1. The van der Waals surface area contributed by atoms with E-state index < -0.39 is 30.1 Å². The number of nitrogens with one attached hydrogen (secondary N) is 1. The molecule has 2 atom stereocenters. The maximum atomic E-state index is 15.0. The SMILES string of the molecule is NC1=N[C@](F)(C2CC(NC(=O)c3ncc(Br)cc3O)=CC=C2F)COC1. The third-order valence-corrected chi connectivity index (χ3v) is 4.38. The first-order chi connectivity index (χ1) is 12.3. The van der Waals surface area contributed by atoms with Gasteiger partial charge >= 0.3 is 0 Å². The zero-order chi connectivity index (χ0) is 18.9. The van der Waals surface area contributed by atoms with Crippen molar-refractivity contribution in [3.63, 3.8) is 0 Å². The Labute approximate surface area is 155 Å². The number of carbonyl (C=O) groups excluding carboxylic acids is 1. The monoisotopic (exact) mass is 428 g/mol. The van der Waals surface area contributed by atoms with Gasteiger partial charge in [0.2, 0.25) is 5.79 Å². The Morgan fingerprint density at radius 2 is 2.27 bits per heavy atom. The number of amidine groups is 1. The van der Waals surface area contributed by atoms with Crippen molar-refractivity contribution in [1.29, 1.82) is 0 Å². The summed E-state index contributed by atoms with van der Waals surface area (Å²) in [5.74, 6) is -5.45. The average Bonchev–Trinajstić information content (AvgIpc) is 2.56. The zero-order valence-electron chi connectivity index (χ0n) is 13.4. The van der Waals surface area contributed by atoms with Crippen molar-refractivity contribution in [2.45, 2.75) is 12.2 Å². The van der Waals surface area contributed by atoms with Crippen LogP contribution in [0.25, 0.3) is 0 Å². The summed E-state index contributed by atoms with van der Waals surface area (Å²) in [4.78, 5) is 19.8. The number of aromatic nitrogens is 1. The van der Waals surface area contributed by atoms with Gasteiger partial charge < -0.3 is 20.9 Å². The van der Waals surface area contributed by atoms with Gasteiger partial charge in [0.1, 0.15) is 30.6 Å². The van der Waals surface area contributed by atoms with E-state index in [1.54, 1.807) is 0 Å². The van der Waals surface area contributed by atoms with Crippen molar-refractivity contribution in [2.75, 3.05) is 13.2 Å². The molecule has 1 amide bonds. The molecule has 1 aromatic rings. The van der Waals surface area contributed by atoms with Crippen LogP contribution >= 0.6 is 15.9 Å². The molecule has 4 N–H and O–H groups in total. The minimum absolute atomic E-state index is 0.0162. The lowest BCUT2D eigenvalue weighted by Gasteiger charge is -2.34. The Balaban J connectivity index is 1.78. The molecule has 7 nitrogen and oxygen atoms in total. The van der Waals surface area contributed by atoms with Gasteiger partial charge in [0.05, 0.1) is 5.92 Å². The molecule has 1 aromatic heterocycles. The molecule has 1 unspecified atom stereocenters. The minimum atomic E-state index is -2.36. The van der Waals surface area contributed by atoms with E-state index in [0.29, 0.717) is 4.47 Å². The first-order valence-electron chi connectivity index (χ1n) is 7.61. The first-order valence-corrected chi connectivity index (χ1v) is 8.41. The van der Waals surface area contributed by atoms with Gasteiger partial charge in [-0.15, -0.1) is 0 Å². The van der Waals surface area contributed by atoms with Crippen LogP contribution in [0.4, 0.5) is 8.78 Å². The number of ether oxygens (including phenoxy) is 1. The second-order valence-corrected chi connectivity index (χ2v) is 6.81. The van der Waals surface area contributed by atoms with Crippen LogP contribution in [0, 0.1) is 5.92 Å². The van der Waals surface area contributed by atoms with Gasteiger partial charge in [-0.05, 0) is 34.1 Å². The number of aliphatic imine (C=N–C) groups is 1. The Morgan fingerprint density at radius 1 is 1.50 bits per heavy atom. The number of carbonyl (C=O) groups is 1. The normalized spacial score (nSPS) is 25.8. The van der Waals surface area contributed by atoms with Gasteiger partial charge in [0, 0.05) is 22.8 Å². The summed E-state index contributed by atoms with van der Waals surface area (Å²) in [6.07, 6.45) is 3.56. The van der Waals surface area contributed by atoms with Gasteiger partial charge in [-0.2, -0.15) is 0 Å². The molecule has 0 spiro atoms. The number of pyridine rings is 1. The lowest BCUT2D eigenvalue weighted by Crippen LogP contribution is -2.45. The van der Waals surface area contributed by atoms with E-state index in [9.17, 15) is 14.3 Å². The summed E-state index contributed by atoms with van der Waals surface area (Å²) in [6.45, 7) is -0.451. The number of rotatable bonds is 3. The summed E-state index contributed by atoms with van der Waals surface area (Å²) in [6, 6.07) is 1.31. The molecule has 10 heteroatoms. The molecule has 1 aliphatic heterocycles. The summed E-state index contributed by atoms with van der Waals surface area (Å²) >= 11 is 3.12. The highest BCUT2D eigenvalue weighted by Crippen LogP contribution is 2.39. The predicted octanol–water partition coefficient (Wildman–Crippen LogP) is 2.09.